The monoisotopic (exact) mass is 256 g/mol. The van der Waals surface area contributed by atoms with Crippen LogP contribution in [-0.4, -0.2) is 23.3 Å². The van der Waals surface area contributed by atoms with Crippen molar-refractivity contribution in [2.75, 3.05) is 6.26 Å². The topological polar surface area (TPSA) is 65.2 Å². The van der Waals surface area contributed by atoms with Gasteiger partial charge in [0.2, 0.25) is 5.12 Å². The summed E-state index contributed by atoms with van der Waals surface area (Å²) in [4.78, 5) is 11.6. The predicted octanol–water partition coefficient (Wildman–Crippen LogP) is 0.621. The molecule has 2 fully saturated rings. The molecule has 1 amide bonds. The molecule has 1 saturated heterocycles. The predicted molar refractivity (Wildman–Crippen MR) is 69.8 cm³/mol. The second-order valence-electron chi connectivity index (χ2n) is 4.55. The Bertz CT molecular complexity index is 317. The zero-order valence-electron chi connectivity index (χ0n) is 10.1. The Morgan fingerprint density at radius 1 is 1.41 bits per heavy atom. The van der Waals surface area contributed by atoms with Gasteiger partial charge in [0.15, 0.2) is 0 Å². The SMILES string of the molecule is C=C1NNC(NC2CCCCC2)(SC)NC1=O. The quantitative estimate of drug-likeness (QED) is 0.440. The summed E-state index contributed by atoms with van der Waals surface area (Å²) in [5.74, 6) is -0.165. The molecular weight excluding hydrogens is 236 g/mol. The number of hydrogen-bond acceptors (Lipinski definition) is 5. The molecule has 1 aliphatic carbocycles. The molecule has 96 valence electrons. The van der Waals surface area contributed by atoms with Crippen molar-refractivity contribution in [1.29, 1.82) is 0 Å². The number of carbonyl (C=O) groups is 1. The average molecular weight is 256 g/mol. The van der Waals surface area contributed by atoms with Crippen LogP contribution in [0, 0.1) is 0 Å². The van der Waals surface area contributed by atoms with E-state index < -0.39 is 5.12 Å². The van der Waals surface area contributed by atoms with Gasteiger partial charge in [-0.05, 0) is 19.1 Å². The minimum atomic E-state index is -0.625. The van der Waals surface area contributed by atoms with Gasteiger partial charge in [0.05, 0.1) is 0 Å². The Kier molecular flexibility index (Phi) is 3.96. The highest BCUT2D eigenvalue weighted by atomic mass is 32.2. The van der Waals surface area contributed by atoms with Gasteiger partial charge in [-0.1, -0.05) is 25.8 Å². The number of carbonyl (C=O) groups excluding carboxylic acids is 1. The van der Waals surface area contributed by atoms with Crippen LogP contribution in [-0.2, 0) is 4.79 Å². The molecule has 6 heteroatoms. The number of rotatable bonds is 3. The van der Waals surface area contributed by atoms with Crippen molar-refractivity contribution in [3.05, 3.63) is 12.3 Å². The molecule has 0 aromatic carbocycles. The molecule has 5 nitrogen and oxygen atoms in total. The van der Waals surface area contributed by atoms with Gasteiger partial charge >= 0.3 is 0 Å². The van der Waals surface area contributed by atoms with Crippen molar-refractivity contribution in [3.8, 4) is 0 Å². The Hall–Kier alpha value is -0.720. The van der Waals surface area contributed by atoms with Crippen molar-refractivity contribution in [3.63, 3.8) is 0 Å². The van der Waals surface area contributed by atoms with Gasteiger partial charge in [-0.2, -0.15) is 5.43 Å². The Labute approximate surface area is 106 Å². The summed E-state index contributed by atoms with van der Waals surface area (Å²) in [6, 6.07) is 0.456. The van der Waals surface area contributed by atoms with Crippen LogP contribution in [0.2, 0.25) is 0 Å². The Balaban J connectivity index is 1.98. The van der Waals surface area contributed by atoms with E-state index in [9.17, 15) is 4.79 Å². The van der Waals surface area contributed by atoms with Gasteiger partial charge in [-0.15, -0.1) is 11.8 Å². The van der Waals surface area contributed by atoms with Gasteiger partial charge < -0.3 is 10.7 Å². The summed E-state index contributed by atoms with van der Waals surface area (Å²) >= 11 is 1.53. The smallest absolute Gasteiger partial charge is 0.271 e. The summed E-state index contributed by atoms with van der Waals surface area (Å²) in [5.41, 5.74) is 6.25. The normalized spacial score (nSPS) is 30.9. The fourth-order valence-corrected chi connectivity index (χ4v) is 2.89. The number of amides is 1. The fraction of sp³-hybridized carbons (Fsp3) is 0.727. The van der Waals surface area contributed by atoms with Crippen LogP contribution in [0.1, 0.15) is 32.1 Å². The van der Waals surface area contributed by atoms with Crippen molar-refractivity contribution in [1.82, 2.24) is 21.5 Å². The lowest BCUT2D eigenvalue weighted by molar-refractivity contribution is -0.121. The number of hydrazine groups is 1. The van der Waals surface area contributed by atoms with Gasteiger partial charge in [-0.3, -0.25) is 10.1 Å². The molecule has 2 rings (SSSR count). The van der Waals surface area contributed by atoms with Crippen LogP contribution >= 0.6 is 11.8 Å². The Morgan fingerprint density at radius 2 is 2.12 bits per heavy atom. The standard InChI is InChI=1S/C11H20N4OS/c1-8-10(16)13-11(17-2,15-14-8)12-9-6-4-3-5-7-9/h9,12,14-15H,1,3-7H2,2H3,(H,13,16). The maximum absolute atomic E-state index is 11.6. The first-order valence-electron chi connectivity index (χ1n) is 6.03. The minimum Gasteiger partial charge on any atom is -0.313 e. The molecule has 2 aliphatic rings. The summed E-state index contributed by atoms with van der Waals surface area (Å²) in [6.45, 7) is 3.62. The van der Waals surface area contributed by atoms with E-state index in [1.165, 1.54) is 43.9 Å². The fourth-order valence-electron chi connectivity index (χ4n) is 2.25. The molecule has 1 saturated carbocycles. The first-order valence-corrected chi connectivity index (χ1v) is 7.25. The highest BCUT2D eigenvalue weighted by Gasteiger charge is 2.37. The molecule has 0 aromatic heterocycles. The van der Waals surface area contributed by atoms with Crippen LogP contribution in [0.15, 0.2) is 12.3 Å². The second kappa shape index (κ2) is 5.29. The van der Waals surface area contributed by atoms with Crippen molar-refractivity contribution < 1.29 is 4.79 Å². The number of thioether (sulfide) groups is 1. The third kappa shape index (κ3) is 2.94. The highest BCUT2D eigenvalue weighted by molar-refractivity contribution is 7.99. The number of hydrogen-bond donors (Lipinski definition) is 4. The van der Waals surface area contributed by atoms with Crippen LogP contribution in [0.4, 0.5) is 0 Å². The van der Waals surface area contributed by atoms with E-state index in [1.54, 1.807) is 0 Å². The van der Waals surface area contributed by atoms with E-state index in [0.717, 1.165) is 0 Å². The molecular formula is C11H20N4OS. The molecule has 0 aromatic rings. The van der Waals surface area contributed by atoms with Gasteiger partial charge in [0.1, 0.15) is 5.70 Å². The molecule has 17 heavy (non-hydrogen) atoms. The Morgan fingerprint density at radius 3 is 2.71 bits per heavy atom. The lowest BCUT2D eigenvalue weighted by Gasteiger charge is -2.42. The molecule has 1 unspecified atom stereocenters. The number of nitrogens with one attached hydrogen (secondary N) is 4. The third-order valence-electron chi connectivity index (χ3n) is 3.27. The van der Waals surface area contributed by atoms with E-state index in [2.05, 4.69) is 28.1 Å². The molecule has 1 heterocycles. The maximum atomic E-state index is 11.6. The summed E-state index contributed by atoms with van der Waals surface area (Å²) in [5, 5.41) is 5.78. The van der Waals surface area contributed by atoms with E-state index in [-0.39, 0.29) is 5.91 Å². The van der Waals surface area contributed by atoms with Gasteiger partial charge in [-0.25, -0.2) is 0 Å². The first kappa shape index (κ1) is 12.7. The average Bonchev–Trinajstić information content (AvgIpc) is 2.35. The maximum Gasteiger partial charge on any atom is 0.271 e. The van der Waals surface area contributed by atoms with Crippen molar-refractivity contribution in [2.24, 2.45) is 0 Å². The minimum absolute atomic E-state index is 0.165. The second-order valence-corrected chi connectivity index (χ2v) is 5.57. The summed E-state index contributed by atoms with van der Waals surface area (Å²) in [7, 11) is 0. The van der Waals surface area contributed by atoms with Crippen molar-refractivity contribution >= 4 is 17.7 Å². The third-order valence-corrected chi connectivity index (χ3v) is 4.21. The van der Waals surface area contributed by atoms with Crippen molar-refractivity contribution in [2.45, 2.75) is 43.3 Å². The van der Waals surface area contributed by atoms with Crippen LogP contribution in [0.5, 0.6) is 0 Å². The van der Waals surface area contributed by atoms with Crippen LogP contribution < -0.4 is 21.5 Å². The lowest BCUT2D eigenvalue weighted by atomic mass is 9.95. The molecule has 0 radical (unpaired) electrons. The molecule has 4 N–H and O–H groups in total. The van der Waals surface area contributed by atoms with E-state index in [4.69, 9.17) is 0 Å². The summed E-state index contributed by atoms with van der Waals surface area (Å²) in [6.07, 6.45) is 8.13. The molecule has 1 aliphatic heterocycles. The largest absolute Gasteiger partial charge is 0.313 e. The zero-order chi connectivity index (χ0) is 12.3. The molecule has 1 atom stereocenters. The van der Waals surface area contributed by atoms with Gasteiger partial charge in [0.25, 0.3) is 5.91 Å². The van der Waals surface area contributed by atoms with Gasteiger partial charge in [0, 0.05) is 6.04 Å². The molecule has 0 bridgehead atoms. The first-order chi connectivity index (χ1) is 8.15. The van der Waals surface area contributed by atoms with E-state index in [1.807, 2.05) is 6.26 Å². The highest BCUT2D eigenvalue weighted by Crippen LogP contribution is 2.23. The lowest BCUT2D eigenvalue weighted by Crippen LogP contribution is -2.74. The molecule has 0 spiro atoms. The van der Waals surface area contributed by atoms with Crippen LogP contribution in [0.25, 0.3) is 0 Å². The van der Waals surface area contributed by atoms with Crippen LogP contribution in [0.3, 0.4) is 0 Å². The van der Waals surface area contributed by atoms with E-state index in [0.29, 0.717) is 11.7 Å². The van der Waals surface area contributed by atoms with E-state index >= 15 is 0 Å². The zero-order valence-corrected chi connectivity index (χ0v) is 11.0. The summed E-state index contributed by atoms with van der Waals surface area (Å²) < 4.78 is 0.